The van der Waals surface area contributed by atoms with E-state index in [1.165, 1.54) is 30.7 Å². The van der Waals surface area contributed by atoms with Gasteiger partial charge in [-0.15, -0.1) is 0 Å². The monoisotopic (exact) mass is 475 g/mol. The lowest BCUT2D eigenvalue weighted by atomic mass is 9.98. The molecule has 1 amide bonds. The van der Waals surface area contributed by atoms with E-state index in [9.17, 15) is 13.2 Å². The van der Waals surface area contributed by atoms with E-state index >= 15 is 0 Å². The number of rotatable bonds is 9. The number of nitrogens with one attached hydrogen (secondary N) is 1. The fraction of sp³-hybridized carbons (Fsp3) is 0.391. The van der Waals surface area contributed by atoms with E-state index in [0.29, 0.717) is 30.9 Å². The number of nitrogens with zero attached hydrogens (tertiary/aromatic N) is 2. The third-order valence-electron chi connectivity index (χ3n) is 5.40. The maximum atomic E-state index is 13.0. The molecule has 0 aliphatic carbocycles. The molecule has 2 aromatic rings. The van der Waals surface area contributed by atoms with Crippen molar-refractivity contribution in [3.8, 4) is 17.2 Å². The molecule has 0 spiro atoms. The Kier molecular flexibility index (Phi) is 8.29. The first-order valence-electron chi connectivity index (χ1n) is 10.7. The number of sulfonamides is 1. The van der Waals surface area contributed by atoms with Crippen LogP contribution in [0.15, 0.2) is 52.5 Å². The lowest BCUT2D eigenvalue weighted by Crippen LogP contribution is -2.42. The number of benzene rings is 2. The van der Waals surface area contributed by atoms with E-state index in [0.717, 1.165) is 11.3 Å². The molecule has 33 heavy (non-hydrogen) atoms. The smallest absolute Gasteiger partial charge is 0.243 e. The maximum Gasteiger partial charge on any atom is 0.243 e. The minimum atomic E-state index is -3.70. The molecule has 1 aliphatic heterocycles. The van der Waals surface area contributed by atoms with Gasteiger partial charge in [-0.2, -0.15) is 9.41 Å². The molecule has 1 saturated heterocycles. The van der Waals surface area contributed by atoms with Crippen molar-refractivity contribution in [2.75, 3.05) is 33.9 Å². The lowest BCUT2D eigenvalue weighted by molar-refractivity contribution is -0.126. The average Bonchev–Trinajstić information content (AvgIpc) is 2.84. The van der Waals surface area contributed by atoms with Gasteiger partial charge >= 0.3 is 0 Å². The van der Waals surface area contributed by atoms with Crippen molar-refractivity contribution >= 4 is 22.1 Å². The first-order chi connectivity index (χ1) is 15.9. The molecule has 1 fully saturated rings. The van der Waals surface area contributed by atoms with Crippen molar-refractivity contribution in [3.05, 3.63) is 48.0 Å². The molecule has 9 nitrogen and oxygen atoms in total. The summed E-state index contributed by atoms with van der Waals surface area (Å²) in [5.74, 6) is 1.05. The van der Waals surface area contributed by atoms with E-state index < -0.39 is 10.0 Å². The summed E-state index contributed by atoms with van der Waals surface area (Å²) in [5.41, 5.74) is 3.38. The van der Waals surface area contributed by atoms with Gasteiger partial charge in [0.05, 0.1) is 31.9 Å². The van der Waals surface area contributed by atoms with Crippen LogP contribution in [0.2, 0.25) is 0 Å². The Balaban J connectivity index is 1.55. The number of amides is 1. The Bertz CT molecular complexity index is 1080. The number of carbonyl (C=O) groups excluding carboxylic acids is 1. The van der Waals surface area contributed by atoms with E-state index in [1.54, 1.807) is 12.3 Å². The van der Waals surface area contributed by atoms with Gasteiger partial charge < -0.3 is 14.2 Å². The highest BCUT2D eigenvalue weighted by Crippen LogP contribution is 2.32. The maximum absolute atomic E-state index is 13.0. The summed E-state index contributed by atoms with van der Waals surface area (Å²) in [6, 6.07) is 11.9. The molecule has 0 saturated carbocycles. The van der Waals surface area contributed by atoms with Crippen molar-refractivity contribution in [1.29, 1.82) is 0 Å². The quantitative estimate of drug-likeness (QED) is 0.441. The van der Waals surface area contributed by atoms with Gasteiger partial charge in [0, 0.05) is 25.1 Å². The van der Waals surface area contributed by atoms with Crippen LogP contribution in [0.5, 0.6) is 17.2 Å². The number of piperidine rings is 1. The minimum Gasteiger partial charge on any atom is -0.494 e. The van der Waals surface area contributed by atoms with Crippen LogP contribution in [0.1, 0.15) is 25.3 Å². The van der Waals surface area contributed by atoms with Crippen molar-refractivity contribution in [1.82, 2.24) is 9.73 Å². The molecule has 0 aromatic heterocycles. The highest BCUT2D eigenvalue weighted by molar-refractivity contribution is 7.89. The van der Waals surface area contributed by atoms with Gasteiger partial charge in [-0.05, 0) is 61.7 Å². The molecule has 0 atom stereocenters. The van der Waals surface area contributed by atoms with Gasteiger partial charge in [0.1, 0.15) is 5.75 Å². The zero-order chi connectivity index (χ0) is 23.8. The molecule has 1 N–H and O–H groups in total. The van der Waals surface area contributed by atoms with Crippen molar-refractivity contribution in [2.24, 2.45) is 11.0 Å². The highest BCUT2D eigenvalue weighted by atomic mass is 32.2. The summed E-state index contributed by atoms with van der Waals surface area (Å²) in [4.78, 5) is 12.6. The van der Waals surface area contributed by atoms with Gasteiger partial charge in [0.2, 0.25) is 15.9 Å². The summed E-state index contributed by atoms with van der Waals surface area (Å²) in [6.07, 6.45) is 2.39. The number of methoxy groups -OCH3 is 2. The summed E-state index contributed by atoms with van der Waals surface area (Å²) in [6.45, 7) is 3.01. The largest absolute Gasteiger partial charge is 0.494 e. The Labute approximate surface area is 194 Å². The number of hydrazone groups is 1. The molecule has 10 heteroatoms. The Morgan fingerprint density at radius 1 is 1.09 bits per heavy atom. The normalized spacial score (nSPS) is 15.4. The fourth-order valence-electron chi connectivity index (χ4n) is 3.56. The third-order valence-corrected chi connectivity index (χ3v) is 7.29. The minimum absolute atomic E-state index is 0.128. The summed E-state index contributed by atoms with van der Waals surface area (Å²) < 4.78 is 43.2. The molecule has 178 valence electrons. The first kappa shape index (κ1) is 24.5. The van der Waals surface area contributed by atoms with Crippen LogP contribution in [0.25, 0.3) is 0 Å². The van der Waals surface area contributed by atoms with E-state index in [-0.39, 0.29) is 29.8 Å². The molecule has 2 aromatic carbocycles. The predicted molar refractivity (Wildman–Crippen MR) is 124 cm³/mol. The summed E-state index contributed by atoms with van der Waals surface area (Å²) >= 11 is 0. The SMILES string of the molecule is CCOc1ccc(/C=N\NC(=O)C2CCN(S(=O)(=O)c3ccc(OC)c(OC)c3)CC2)cc1. The topological polar surface area (TPSA) is 107 Å². The Hall–Kier alpha value is -3.11. The molecule has 1 heterocycles. The van der Waals surface area contributed by atoms with E-state index in [1.807, 2.05) is 31.2 Å². The summed E-state index contributed by atoms with van der Waals surface area (Å²) in [7, 11) is -0.758. The second-order valence-corrected chi connectivity index (χ2v) is 9.37. The second-order valence-electron chi connectivity index (χ2n) is 7.43. The van der Waals surface area contributed by atoms with Gasteiger partial charge in [-0.1, -0.05) is 0 Å². The van der Waals surface area contributed by atoms with Crippen LogP contribution in [0.4, 0.5) is 0 Å². The van der Waals surface area contributed by atoms with Crippen molar-refractivity contribution in [3.63, 3.8) is 0 Å². The predicted octanol–water partition coefficient (Wildman–Crippen LogP) is 2.65. The average molecular weight is 476 g/mol. The highest BCUT2D eigenvalue weighted by Gasteiger charge is 2.32. The van der Waals surface area contributed by atoms with E-state index in [2.05, 4.69) is 10.5 Å². The fourth-order valence-corrected chi connectivity index (χ4v) is 5.05. The van der Waals surface area contributed by atoms with Gasteiger partial charge in [0.15, 0.2) is 11.5 Å². The van der Waals surface area contributed by atoms with Crippen LogP contribution < -0.4 is 19.6 Å². The van der Waals surface area contributed by atoms with Crippen LogP contribution in [-0.4, -0.2) is 58.8 Å². The number of carbonyl (C=O) groups is 1. The molecule has 0 unspecified atom stereocenters. The zero-order valence-electron chi connectivity index (χ0n) is 19.0. The van der Waals surface area contributed by atoms with Crippen LogP contribution in [0, 0.1) is 5.92 Å². The molecule has 3 rings (SSSR count). The second kappa shape index (κ2) is 11.2. The third kappa shape index (κ3) is 6.02. The molecule has 1 aliphatic rings. The molecule has 0 bridgehead atoms. The Morgan fingerprint density at radius 3 is 2.36 bits per heavy atom. The van der Waals surface area contributed by atoms with Gasteiger partial charge in [-0.3, -0.25) is 4.79 Å². The van der Waals surface area contributed by atoms with Gasteiger partial charge in [0.25, 0.3) is 0 Å². The van der Waals surface area contributed by atoms with Crippen LogP contribution >= 0.6 is 0 Å². The first-order valence-corrected chi connectivity index (χ1v) is 12.1. The van der Waals surface area contributed by atoms with Crippen LogP contribution in [0.3, 0.4) is 0 Å². The zero-order valence-corrected chi connectivity index (χ0v) is 19.8. The number of ether oxygens (including phenoxy) is 3. The van der Waals surface area contributed by atoms with Crippen LogP contribution in [-0.2, 0) is 14.8 Å². The number of hydrogen-bond donors (Lipinski definition) is 1. The van der Waals surface area contributed by atoms with Gasteiger partial charge in [-0.25, -0.2) is 13.8 Å². The van der Waals surface area contributed by atoms with Crippen molar-refractivity contribution in [2.45, 2.75) is 24.7 Å². The Morgan fingerprint density at radius 2 is 1.76 bits per heavy atom. The molecule has 0 radical (unpaired) electrons. The summed E-state index contributed by atoms with van der Waals surface area (Å²) in [5, 5.41) is 4.02. The number of hydrogen-bond acceptors (Lipinski definition) is 7. The molecular weight excluding hydrogens is 446 g/mol. The van der Waals surface area contributed by atoms with E-state index in [4.69, 9.17) is 14.2 Å². The lowest BCUT2D eigenvalue weighted by Gasteiger charge is -2.30. The van der Waals surface area contributed by atoms with Crippen molar-refractivity contribution < 1.29 is 27.4 Å². The molecular formula is C23H29N3O6S. The standard InChI is InChI=1S/C23H29N3O6S/c1-4-32-19-7-5-17(6-8-19)16-24-25-23(27)18-11-13-26(14-12-18)33(28,29)20-9-10-21(30-2)22(15-20)31-3/h5-10,15-16,18H,4,11-14H2,1-3H3,(H,25,27)/b24-16-.